The minimum Gasteiger partial charge on any atom is -0.328 e. The highest BCUT2D eigenvalue weighted by Crippen LogP contribution is 2.07. The van der Waals surface area contributed by atoms with E-state index in [1.54, 1.807) is 0 Å². The number of amides is 1. The molecule has 2 rings (SSSR count). The van der Waals surface area contributed by atoms with Gasteiger partial charge >= 0.3 is 0 Å². The number of likely N-dealkylation sites (N-methyl/N-ethyl adjacent to an activating group) is 1. The van der Waals surface area contributed by atoms with Gasteiger partial charge in [0.25, 0.3) is 0 Å². The summed E-state index contributed by atoms with van der Waals surface area (Å²) in [6, 6.07) is 0.281. The SMILES string of the molecule is CC1CC(=O)NC(N2CCN(C)CC2)N1. The molecule has 2 heterocycles. The van der Waals surface area contributed by atoms with Gasteiger partial charge in [0.05, 0.1) is 0 Å². The van der Waals surface area contributed by atoms with E-state index in [0.717, 1.165) is 26.2 Å². The van der Waals surface area contributed by atoms with Crippen molar-refractivity contribution in [1.82, 2.24) is 20.4 Å². The maximum atomic E-state index is 11.4. The maximum absolute atomic E-state index is 11.4. The summed E-state index contributed by atoms with van der Waals surface area (Å²) in [5.74, 6) is 0.158. The number of carbonyl (C=O) groups excluding carboxylic acids is 1. The number of nitrogens with zero attached hydrogens (tertiary/aromatic N) is 2. The van der Waals surface area contributed by atoms with Crippen LogP contribution in [0.25, 0.3) is 0 Å². The van der Waals surface area contributed by atoms with Gasteiger partial charge in [-0.15, -0.1) is 0 Å². The smallest absolute Gasteiger partial charge is 0.223 e. The highest BCUT2D eigenvalue weighted by molar-refractivity contribution is 5.77. The second kappa shape index (κ2) is 4.47. The summed E-state index contributed by atoms with van der Waals surface area (Å²) < 4.78 is 0. The van der Waals surface area contributed by atoms with Gasteiger partial charge in [0.15, 0.2) is 0 Å². The predicted octanol–water partition coefficient (Wildman–Crippen LogP) is -0.985. The Morgan fingerprint density at radius 3 is 2.53 bits per heavy atom. The lowest BCUT2D eigenvalue weighted by Crippen LogP contribution is -2.65. The number of nitrogens with one attached hydrogen (secondary N) is 2. The van der Waals surface area contributed by atoms with Gasteiger partial charge in [-0.2, -0.15) is 0 Å². The quantitative estimate of drug-likeness (QED) is 0.586. The van der Waals surface area contributed by atoms with Crippen molar-refractivity contribution in [2.24, 2.45) is 0 Å². The highest BCUT2D eigenvalue weighted by Gasteiger charge is 2.28. The van der Waals surface area contributed by atoms with Gasteiger partial charge in [0.1, 0.15) is 6.29 Å². The zero-order valence-electron chi connectivity index (χ0n) is 9.49. The topological polar surface area (TPSA) is 47.6 Å². The number of hydrogen-bond donors (Lipinski definition) is 2. The van der Waals surface area contributed by atoms with E-state index < -0.39 is 0 Å². The van der Waals surface area contributed by atoms with Crippen LogP contribution in [0.3, 0.4) is 0 Å². The van der Waals surface area contributed by atoms with E-state index >= 15 is 0 Å². The molecule has 5 nitrogen and oxygen atoms in total. The molecule has 2 atom stereocenters. The first-order valence-electron chi connectivity index (χ1n) is 5.63. The van der Waals surface area contributed by atoms with E-state index in [1.807, 2.05) is 0 Å². The molecule has 86 valence electrons. The van der Waals surface area contributed by atoms with Crippen molar-refractivity contribution in [1.29, 1.82) is 0 Å². The monoisotopic (exact) mass is 212 g/mol. The molecule has 2 aliphatic heterocycles. The molecule has 0 aromatic carbocycles. The molecule has 1 amide bonds. The van der Waals surface area contributed by atoms with Crippen LogP contribution in [0.4, 0.5) is 0 Å². The lowest BCUT2D eigenvalue weighted by molar-refractivity contribution is -0.127. The first kappa shape index (κ1) is 10.9. The molecular weight excluding hydrogens is 192 g/mol. The van der Waals surface area contributed by atoms with Gasteiger partial charge < -0.3 is 10.2 Å². The Balaban J connectivity index is 1.89. The number of hydrogen-bond acceptors (Lipinski definition) is 4. The van der Waals surface area contributed by atoms with Crippen molar-refractivity contribution in [3.63, 3.8) is 0 Å². The van der Waals surface area contributed by atoms with Crippen LogP contribution < -0.4 is 10.6 Å². The molecule has 2 aliphatic rings. The van der Waals surface area contributed by atoms with Crippen LogP contribution in [0.5, 0.6) is 0 Å². The largest absolute Gasteiger partial charge is 0.328 e. The Morgan fingerprint density at radius 2 is 1.93 bits per heavy atom. The summed E-state index contributed by atoms with van der Waals surface area (Å²) in [7, 11) is 2.13. The van der Waals surface area contributed by atoms with Crippen LogP contribution >= 0.6 is 0 Å². The summed E-state index contributed by atoms with van der Waals surface area (Å²) in [5.41, 5.74) is 0. The van der Waals surface area contributed by atoms with Crippen LogP contribution in [-0.2, 0) is 4.79 Å². The van der Waals surface area contributed by atoms with Crippen molar-refractivity contribution >= 4 is 5.91 Å². The molecule has 0 aromatic heterocycles. The van der Waals surface area contributed by atoms with Gasteiger partial charge in [0.2, 0.25) is 5.91 Å². The maximum Gasteiger partial charge on any atom is 0.223 e. The molecule has 0 radical (unpaired) electrons. The Kier molecular flexibility index (Phi) is 3.23. The lowest BCUT2D eigenvalue weighted by Gasteiger charge is -2.41. The van der Waals surface area contributed by atoms with Crippen molar-refractivity contribution in [3.8, 4) is 0 Å². The Labute approximate surface area is 90.8 Å². The average Bonchev–Trinajstić information content (AvgIpc) is 2.17. The van der Waals surface area contributed by atoms with Crippen LogP contribution in [0.2, 0.25) is 0 Å². The van der Waals surface area contributed by atoms with E-state index in [0.29, 0.717) is 6.42 Å². The van der Waals surface area contributed by atoms with Gasteiger partial charge in [-0.3, -0.25) is 15.0 Å². The molecule has 2 fully saturated rings. The van der Waals surface area contributed by atoms with E-state index in [9.17, 15) is 4.79 Å². The zero-order chi connectivity index (χ0) is 10.8. The molecule has 15 heavy (non-hydrogen) atoms. The van der Waals surface area contributed by atoms with Crippen molar-refractivity contribution in [2.45, 2.75) is 25.7 Å². The first-order valence-corrected chi connectivity index (χ1v) is 5.63. The third-order valence-corrected chi connectivity index (χ3v) is 3.13. The molecule has 0 saturated carbocycles. The number of carbonyl (C=O) groups is 1. The normalized spacial score (nSPS) is 35.2. The fourth-order valence-corrected chi connectivity index (χ4v) is 2.14. The molecule has 2 saturated heterocycles. The Bertz CT molecular complexity index is 238. The second-order valence-electron chi connectivity index (χ2n) is 4.58. The Hall–Kier alpha value is -0.650. The fourth-order valence-electron chi connectivity index (χ4n) is 2.14. The summed E-state index contributed by atoms with van der Waals surface area (Å²) in [6.45, 7) is 6.23. The molecule has 2 N–H and O–H groups in total. The van der Waals surface area contributed by atoms with Crippen LogP contribution in [-0.4, -0.2) is 61.3 Å². The molecule has 2 unspecified atom stereocenters. The van der Waals surface area contributed by atoms with Gasteiger partial charge in [-0.1, -0.05) is 0 Å². The third-order valence-electron chi connectivity index (χ3n) is 3.13. The summed E-state index contributed by atoms with van der Waals surface area (Å²) in [4.78, 5) is 16.0. The van der Waals surface area contributed by atoms with Crippen molar-refractivity contribution in [2.75, 3.05) is 33.2 Å². The van der Waals surface area contributed by atoms with E-state index in [4.69, 9.17) is 0 Å². The third kappa shape index (κ3) is 2.68. The molecule has 0 spiro atoms. The number of piperazine rings is 1. The first-order chi connectivity index (χ1) is 7.15. The summed E-state index contributed by atoms with van der Waals surface area (Å²) in [6.07, 6.45) is 0.625. The fraction of sp³-hybridized carbons (Fsp3) is 0.900. The van der Waals surface area contributed by atoms with Crippen LogP contribution in [0.15, 0.2) is 0 Å². The lowest BCUT2D eigenvalue weighted by atomic mass is 10.2. The molecule has 5 heteroatoms. The Morgan fingerprint density at radius 1 is 1.27 bits per heavy atom. The average molecular weight is 212 g/mol. The van der Waals surface area contributed by atoms with E-state index in [2.05, 4.69) is 34.4 Å². The van der Waals surface area contributed by atoms with Gasteiger partial charge in [0, 0.05) is 38.6 Å². The minimum atomic E-state index is 0.0370. The van der Waals surface area contributed by atoms with Crippen LogP contribution in [0.1, 0.15) is 13.3 Å². The minimum absolute atomic E-state index is 0.0370. The molecular formula is C10H20N4O. The highest BCUT2D eigenvalue weighted by atomic mass is 16.2. The summed E-state index contributed by atoms with van der Waals surface area (Å²) in [5, 5.41) is 6.40. The molecule has 0 aliphatic carbocycles. The summed E-state index contributed by atoms with van der Waals surface area (Å²) >= 11 is 0. The van der Waals surface area contributed by atoms with Crippen LogP contribution in [0, 0.1) is 0 Å². The van der Waals surface area contributed by atoms with Crippen molar-refractivity contribution < 1.29 is 4.79 Å². The van der Waals surface area contributed by atoms with E-state index in [-0.39, 0.29) is 18.2 Å². The molecule has 0 aromatic rings. The van der Waals surface area contributed by atoms with Gasteiger partial charge in [-0.25, -0.2) is 0 Å². The van der Waals surface area contributed by atoms with Crippen molar-refractivity contribution in [3.05, 3.63) is 0 Å². The van der Waals surface area contributed by atoms with Gasteiger partial charge in [-0.05, 0) is 14.0 Å². The molecule has 0 bridgehead atoms. The number of rotatable bonds is 1. The zero-order valence-corrected chi connectivity index (χ0v) is 9.49. The standard InChI is InChI=1S/C10H20N4O/c1-8-7-9(15)12-10(11-8)14-5-3-13(2)4-6-14/h8,10-11H,3-7H2,1-2H3,(H,12,15). The predicted molar refractivity (Wildman–Crippen MR) is 58.2 cm³/mol. The second-order valence-corrected chi connectivity index (χ2v) is 4.58. The van der Waals surface area contributed by atoms with E-state index in [1.165, 1.54) is 0 Å².